The van der Waals surface area contributed by atoms with Crippen LogP contribution in [0.1, 0.15) is 48.4 Å². The first-order chi connectivity index (χ1) is 15.9. The maximum absolute atomic E-state index is 13.5. The normalized spacial score (nSPS) is 22.1. The van der Waals surface area contributed by atoms with Gasteiger partial charge in [0.2, 0.25) is 5.91 Å². The lowest BCUT2D eigenvalue weighted by atomic mass is 9.91. The number of amides is 4. The zero-order chi connectivity index (χ0) is 23.2. The van der Waals surface area contributed by atoms with Gasteiger partial charge in [-0.05, 0) is 61.3 Å². The van der Waals surface area contributed by atoms with Crippen molar-refractivity contribution in [2.45, 2.75) is 50.7 Å². The third kappa shape index (κ3) is 3.56. The number of rotatable bonds is 6. The molecule has 1 heterocycles. The molecule has 5 rings (SSSR count). The Hall–Kier alpha value is -3.66. The van der Waals surface area contributed by atoms with Crippen molar-refractivity contribution in [2.75, 3.05) is 6.54 Å². The summed E-state index contributed by atoms with van der Waals surface area (Å²) in [6.07, 6.45) is 3.10. The average molecular weight is 443 g/mol. The predicted molar refractivity (Wildman–Crippen MR) is 121 cm³/mol. The molecule has 2 aromatic rings. The average Bonchev–Trinajstić information content (AvgIpc) is 3.58. The second kappa shape index (κ2) is 8.04. The van der Waals surface area contributed by atoms with Crippen molar-refractivity contribution in [1.82, 2.24) is 15.1 Å². The van der Waals surface area contributed by atoms with Crippen molar-refractivity contribution in [2.24, 2.45) is 5.92 Å². The molecule has 168 valence electrons. The van der Waals surface area contributed by atoms with E-state index in [2.05, 4.69) is 11.4 Å². The van der Waals surface area contributed by atoms with Crippen LogP contribution in [0.25, 0.3) is 0 Å². The molecule has 1 spiro atoms. The number of urea groups is 1. The van der Waals surface area contributed by atoms with Crippen LogP contribution in [-0.2, 0) is 28.1 Å². The van der Waals surface area contributed by atoms with Gasteiger partial charge in [0.05, 0.1) is 11.6 Å². The van der Waals surface area contributed by atoms with Gasteiger partial charge in [0.25, 0.3) is 5.91 Å². The van der Waals surface area contributed by atoms with Crippen molar-refractivity contribution >= 4 is 17.8 Å². The van der Waals surface area contributed by atoms with Crippen molar-refractivity contribution in [3.05, 3.63) is 70.8 Å². The van der Waals surface area contributed by atoms with E-state index in [1.54, 1.807) is 23.1 Å². The fourth-order valence-electron chi connectivity index (χ4n) is 5.23. The predicted octanol–water partition coefficient (Wildman–Crippen LogP) is 3.08. The van der Waals surface area contributed by atoms with Gasteiger partial charge in [0.1, 0.15) is 12.1 Å². The van der Waals surface area contributed by atoms with Crippen LogP contribution in [0.4, 0.5) is 4.79 Å². The van der Waals surface area contributed by atoms with E-state index >= 15 is 0 Å². The Balaban J connectivity index is 1.39. The lowest BCUT2D eigenvalue weighted by Gasteiger charge is -2.31. The number of imide groups is 1. The van der Waals surface area contributed by atoms with Gasteiger partial charge in [-0.1, -0.05) is 42.5 Å². The number of nitrogens with zero attached hydrogens (tertiary/aromatic N) is 3. The Kier molecular flexibility index (Phi) is 5.16. The Labute approximate surface area is 193 Å². The second-order valence-corrected chi connectivity index (χ2v) is 9.26. The van der Waals surface area contributed by atoms with E-state index in [-0.39, 0.29) is 18.5 Å². The van der Waals surface area contributed by atoms with Gasteiger partial charge >= 0.3 is 6.03 Å². The Morgan fingerprint density at radius 1 is 1.21 bits per heavy atom. The van der Waals surface area contributed by atoms with Gasteiger partial charge in [-0.25, -0.2) is 4.79 Å². The summed E-state index contributed by atoms with van der Waals surface area (Å²) in [5.74, 6) is -0.186. The van der Waals surface area contributed by atoms with E-state index in [0.29, 0.717) is 36.4 Å². The maximum Gasteiger partial charge on any atom is 0.325 e. The largest absolute Gasteiger partial charge is 0.334 e. The topological polar surface area (TPSA) is 93.5 Å². The molecule has 2 aliphatic carbocycles. The van der Waals surface area contributed by atoms with Crippen LogP contribution >= 0.6 is 0 Å². The number of benzene rings is 2. The molecular formula is C26H26N4O3. The minimum atomic E-state index is -1.19. The molecule has 0 radical (unpaired) electrons. The van der Waals surface area contributed by atoms with Gasteiger partial charge in [-0.3, -0.25) is 14.5 Å². The molecule has 1 aliphatic heterocycles. The molecule has 3 aliphatic rings. The Morgan fingerprint density at radius 3 is 2.67 bits per heavy atom. The first-order valence-electron chi connectivity index (χ1n) is 11.4. The van der Waals surface area contributed by atoms with Crippen molar-refractivity contribution < 1.29 is 14.4 Å². The Morgan fingerprint density at radius 2 is 1.97 bits per heavy atom. The highest BCUT2D eigenvalue weighted by molar-refractivity contribution is 6.10. The van der Waals surface area contributed by atoms with E-state index < -0.39 is 17.5 Å². The van der Waals surface area contributed by atoms with Crippen molar-refractivity contribution in [3.63, 3.8) is 0 Å². The molecule has 0 bridgehead atoms. The van der Waals surface area contributed by atoms with Crippen LogP contribution in [0.5, 0.6) is 0 Å². The third-order valence-corrected chi connectivity index (χ3v) is 7.29. The fraction of sp³-hybridized carbons (Fsp3) is 0.385. The molecule has 1 saturated heterocycles. The molecule has 7 heteroatoms. The van der Waals surface area contributed by atoms with Crippen LogP contribution in [0.2, 0.25) is 0 Å². The highest BCUT2D eigenvalue weighted by atomic mass is 16.2. The molecule has 0 aromatic heterocycles. The summed E-state index contributed by atoms with van der Waals surface area (Å²) >= 11 is 0. The minimum Gasteiger partial charge on any atom is -0.334 e. The van der Waals surface area contributed by atoms with Crippen LogP contribution < -0.4 is 5.32 Å². The van der Waals surface area contributed by atoms with E-state index in [4.69, 9.17) is 0 Å². The molecule has 1 N–H and O–H groups in total. The second-order valence-electron chi connectivity index (χ2n) is 9.26. The molecule has 2 fully saturated rings. The molecule has 2 aromatic carbocycles. The number of nitrogens with one attached hydrogen (secondary N) is 1. The Bertz CT molecular complexity index is 1170. The van der Waals surface area contributed by atoms with Crippen LogP contribution in [-0.4, -0.2) is 40.2 Å². The van der Waals surface area contributed by atoms with E-state index in [9.17, 15) is 19.6 Å². The smallest absolute Gasteiger partial charge is 0.325 e. The van der Waals surface area contributed by atoms with Crippen LogP contribution in [0.3, 0.4) is 0 Å². The summed E-state index contributed by atoms with van der Waals surface area (Å²) < 4.78 is 0. The number of carbonyl (C=O) groups is 3. The molecule has 2 atom stereocenters. The zero-order valence-electron chi connectivity index (χ0n) is 18.6. The summed E-state index contributed by atoms with van der Waals surface area (Å²) in [5.41, 5.74) is 1.82. The molecular weight excluding hydrogens is 416 g/mol. The van der Waals surface area contributed by atoms with E-state index in [1.807, 2.05) is 37.3 Å². The number of hydrogen-bond donors (Lipinski definition) is 1. The summed E-state index contributed by atoms with van der Waals surface area (Å²) in [7, 11) is 0. The lowest BCUT2D eigenvalue weighted by Crippen LogP contribution is -2.47. The monoisotopic (exact) mass is 442 g/mol. The lowest BCUT2D eigenvalue weighted by molar-refractivity contribution is -0.141. The molecule has 7 nitrogen and oxygen atoms in total. The van der Waals surface area contributed by atoms with E-state index in [0.717, 1.165) is 28.9 Å². The number of nitriles is 1. The third-order valence-electron chi connectivity index (χ3n) is 7.29. The summed E-state index contributed by atoms with van der Waals surface area (Å²) in [6.45, 7) is 2.20. The standard InChI is InChI=1S/C26H26N4O3/c1-17(19-10-11-19)29(15-18-6-3-2-4-7-18)23(31)16-30-24(32)26(28-25(30)33)13-12-21-20(14-27)8-5-9-22(21)26/h2-9,17,19H,10-13,15-16H2,1H3,(H,28,33). The number of carbonyl (C=O) groups excluding carboxylic acids is 3. The van der Waals surface area contributed by atoms with Gasteiger partial charge < -0.3 is 10.2 Å². The van der Waals surface area contributed by atoms with Gasteiger partial charge in [-0.15, -0.1) is 0 Å². The maximum atomic E-state index is 13.5. The van der Waals surface area contributed by atoms with Crippen molar-refractivity contribution in [1.29, 1.82) is 5.26 Å². The summed E-state index contributed by atoms with van der Waals surface area (Å²) in [5, 5.41) is 12.3. The molecule has 2 unspecified atom stereocenters. The van der Waals surface area contributed by atoms with Gasteiger partial charge in [0, 0.05) is 12.6 Å². The zero-order valence-corrected chi connectivity index (χ0v) is 18.6. The first-order valence-corrected chi connectivity index (χ1v) is 11.4. The summed E-state index contributed by atoms with van der Waals surface area (Å²) in [4.78, 5) is 42.7. The number of hydrogen-bond acceptors (Lipinski definition) is 4. The summed E-state index contributed by atoms with van der Waals surface area (Å²) in [6, 6.07) is 16.7. The highest BCUT2D eigenvalue weighted by Crippen LogP contribution is 2.42. The minimum absolute atomic E-state index is 0.0397. The highest BCUT2D eigenvalue weighted by Gasteiger charge is 2.56. The van der Waals surface area contributed by atoms with Gasteiger partial charge in [0.15, 0.2) is 0 Å². The van der Waals surface area contributed by atoms with Crippen LogP contribution in [0, 0.1) is 17.2 Å². The van der Waals surface area contributed by atoms with E-state index in [1.165, 1.54) is 0 Å². The van der Waals surface area contributed by atoms with Crippen molar-refractivity contribution in [3.8, 4) is 6.07 Å². The molecule has 1 saturated carbocycles. The van der Waals surface area contributed by atoms with Crippen LogP contribution in [0.15, 0.2) is 48.5 Å². The molecule has 33 heavy (non-hydrogen) atoms. The SMILES string of the molecule is CC(C1CC1)N(Cc1ccccc1)C(=O)CN1C(=O)NC2(CCc3c(C#N)cccc32)C1=O. The number of fused-ring (bicyclic) bond motifs is 2. The van der Waals surface area contributed by atoms with Gasteiger partial charge in [-0.2, -0.15) is 5.26 Å². The fourth-order valence-corrected chi connectivity index (χ4v) is 5.23. The first kappa shape index (κ1) is 21.2. The molecule has 4 amide bonds. The quantitative estimate of drug-likeness (QED) is 0.696.